The van der Waals surface area contributed by atoms with E-state index in [4.69, 9.17) is 5.73 Å². The van der Waals surface area contributed by atoms with Crippen molar-refractivity contribution < 1.29 is 9.90 Å². The summed E-state index contributed by atoms with van der Waals surface area (Å²) in [6.07, 6.45) is 3.13. The third kappa shape index (κ3) is 3.35. The summed E-state index contributed by atoms with van der Waals surface area (Å²) in [7, 11) is 0. The number of benzene rings is 1. The van der Waals surface area contributed by atoms with Gasteiger partial charge in [0.15, 0.2) is 0 Å². The number of ketones is 1. The fourth-order valence-corrected chi connectivity index (χ4v) is 4.23. The molecule has 0 radical (unpaired) electrons. The predicted octanol–water partition coefficient (Wildman–Crippen LogP) is 3.38. The lowest BCUT2D eigenvalue weighted by atomic mass is 9.97. The average molecular weight is 364 g/mol. The number of aromatic nitrogens is 1. The van der Waals surface area contributed by atoms with Crippen molar-refractivity contribution in [1.82, 2.24) is 4.98 Å². The van der Waals surface area contributed by atoms with Crippen molar-refractivity contribution in [2.24, 2.45) is 0 Å². The molecule has 0 spiro atoms. The molecule has 26 heavy (non-hydrogen) atoms. The second-order valence-corrected chi connectivity index (χ2v) is 7.21. The largest absolute Gasteiger partial charge is 0.508 e. The van der Waals surface area contributed by atoms with Crippen LogP contribution in [0.2, 0.25) is 0 Å². The number of hydrogen-bond acceptors (Lipinski definition) is 7. The molecule has 130 valence electrons. The molecule has 2 aromatic rings. The molecule has 0 unspecified atom stereocenters. The zero-order chi connectivity index (χ0) is 18.7. The van der Waals surface area contributed by atoms with Crippen LogP contribution in [0.4, 0.5) is 5.82 Å². The number of nitrogen functional groups attached to an aromatic ring is 1. The van der Waals surface area contributed by atoms with Gasteiger partial charge in [-0.05, 0) is 30.5 Å². The van der Waals surface area contributed by atoms with Gasteiger partial charge in [-0.1, -0.05) is 30.3 Å². The molecule has 3 N–H and O–H groups in total. The molecule has 1 aromatic carbocycles. The standard InChI is InChI=1S/C19H16N4O2S/c20-9-13-17(11-5-7-12(24)8-6-11)14(10-21)19(23-18(13)22)26-16-4-2-1-3-15(16)25/h5-8,16,24H,1-4H2,(H2,22,23)/t16-/m1/s1. The molecule has 1 heterocycles. The van der Waals surface area contributed by atoms with Crippen molar-refractivity contribution in [3.8, 4) is 29.0 Å². The minimum atomic E-state index is -0.247. The van der Waals surface area contributed by atoms with Crippen LogP contribution in [0.1, 0.15) is 36.8 Å². The summed E-state index contributed by atoms with van der Waals surface area (Å²) in [6, 6.07) is 10.3. The number of thioether (sulfide) groups is 1. The molecular weight excluding hydrogens is 348 g/mol. The molecule has 1 aromatic heterocycles. The molecule has 1 aliphatic carbocycles. The van der Waals surface area contributed by atoms with Crippen LogP contribution >= 0.6 is 11.8 Å². The monoisotopic (exact) mass is 364 g/mol. The van der Waals surface area contributed by atoms with Gasteiger partial charge < -0.3 is 10.8 Å². The van der Waals surface area contributed by atoms with Crippen molar-refractivity contribution in [2.75, 3.05) is 5.73 Å². The number of pyridine rings is 1. The van der Waals surface area contributed by atoms with E-state index in [-0.39, 0.29) is 33.7 Å². The Morgan fingerprint density at radius 3 is 2.46 bits per heavy atom. The maximum atomic E-state index is 12.2. The molecule has 1 fully saturated rings. The van der Waals surface area contributed by atoms with Crippen LogP contribution in [0.15, 0.2) is 29.3 Å². The Morgan fingerprint density at radius 1 is 1.15 bits per heavy atom. The van der Waals surface area contributed by atoms with Gasteiger partial charge in [0.05, 0.1) is 10.8 Å². The fraction of sp³-hybridized carbons (Fsp3) is 0.263. The highest BCUT2D eigenvalue weighted by Gasteiger charge is 2.27. The van der Waals surface area contributed by atoms with Crippen LogP contribution in [0.3, 0.4) is 0 Å². The third-order valence-electron chi connectivity index (χ3n) is 4.32. The van der Waals surface area contributed by atoms with E-state index in [1.165, 1.54) is 23.9 Å². The predicted molar refractivity (Wildman–Crippen MR) is 98.3 cm³/mol. The van der Waals surface area contributed by atoms with Gasteiger partial charge in [0.2, 0.25) is 0 Å². The van der Waals surface area contributed by atoms with Gasteiger partial charge in [-0.15, -0.1) is 0 Å². The first-order chi connectivity index (χ1) is 12.5. The number of nitriles is 2. The van der Waals surface area contributed by atoms with Crippen LogP contribution in [-0.4, -0.2) is 21.1 Å². The van der Waals surface area contributed by atoms with Crippen LogP contribution in [-0.2, 0) is 4.79 Å². The Balaban J connectivity index is 2.15. The number of carbonyl (C=O) groups excluding carboxylic acids is 1. The number of phenolic OH excluding ortho intramolecular Hbond substituents is 1. The van der Waals surface area contributed by atoms with Crippen molar-refractivity contribution >= 4 is 23.4 Å². The Labute approximate surface area is 155 Å². The van der Waals surface area contributed by atoms with Crippen LogP contribution < -0.4 is 5.73 Å². The first kappa shape index (κ1) is 17.8. The average Bonchev–Trinajstić information content (AvgIpc) is 2.64. The highest BCUT2D eigenvalue weighted by Crippen LogP contribution is 2.39. The van der Waals surface area contributed by atoms with E-state index in [0.29, 0.717) is 22.6 Å². The van der Waals surface area contributed by atoms with E-state index in [1.807, 2.05) is 6.07 Å². The summed E-state index contributed by atoms with van der Waals surface area (Å²) in [5, 5.41) is 28.9. The molecule has 6 nitrogen and oxygen atoms in total. The number of hydrogen-bond donors (Lipinski definition) is 2. The quantitative estimate of drug-likeness (QED) is 0.855. The summed E-state index contributed by atoms with van der Waals surface area (Å²) < 4.78 is 0. The van der Waals surface area contributed by atoms with Crippen molar-refractivity contribution in [1.29, 1.82) is 10.5 Å². The summed E-state index contributed by atoms with van der Waals surface area (Å²) in [5.41, 5.74) is 7.28. The highest BCUT2D eigenvalue weighted by atomic mass is 32.2. The van der Waals surface area contributed by atoms with E-state index in [1.54, 1.807) is 12.1 Å². The zero-order valence-corrected chi connectivity index (χ0v) is 14.7. The number of aromatic hydroxyl groups is 1. The lowest BCUT2D eigenvalue weighted by Gasteiger charge is -2.21. The van der Waals surface area contributed by atoms with Crippen molar-refractivity contribution in [2.45, 2.75) is 36.0 Å². The number of nitrogens with two attached hydrogens (primary N) is 1. The summed E-state index contributed by atoms with van der Waals surface area (Å²) in [6.45, 7) is 0. The lowest BCUT2D eigenvalue weighted by molar-refractivity contribution is -0.119. The van der Waals surface area contributed by atoms with Gasteiger partial charge in [0.1, 0.15) is 40.1 Å². The van der Waals surface area contributed by atoms with Crippen LogP contribution in [0, 0.1) is 22.7 Å². The highest BCUT2D eigenvalue weighted by molar-refractivity contribution is 8.00. The molecule has 1 atom stereocenters. The Bertz CT molecular complexity index is 942. The van der Waals surface area contributed by atoms with E-state index >= 15 is 0 Å². The molecule has 3 rings (SSSR count). The fourth-order valence-electron chi connectivity index (χ4n) is 3.01. The second kappa shape index (κ2) is 7.47. The second-order valence-electron chi connectivity index (χ2n) is 6.02. The SMILES string of the molecule is N#Cc1c(N)nc(S[C@@H]2CCCCC2=O)c(C#N)c1-c1ccc(O)cc1. The number of rotatable bonds is 3. The van der Waals surface area contributed by atoms with Crippen molar-refractivity contribution in [3.63, 3.8) is 0 Å². The van der Waals surface area contributed by atoms with Crippen LogP contribution in [0.25, 0.3) is 11.1 Å². The van der Waals surface area contributed by atoms with E-state index in [2.05, 4.69) is 11.1 Å². The minimum absolute atomic E-state index is 0.0281. The Morgan fingerprint density at radius 2 is 1.85 bits per heavy atom. The Hall–Kier alpha value is -3.03. The zero-order valence-electron chi connectivity index (χ0n) is 13.9. The smallest absolute Gasteiger partial charge is 0.146 e. The molecule has 1 saturated carbocycles. The topological polar surface area (TPSA) is 124 Å². The maximum absolute atomic E-state index is 12.2. The number of phenols is 1. The number of nitrogens with zero attached hydrogens (tertiary/aromatic N) is 3. The van der Waals surface area contributed by atoms with Gasteiger partial charge in [-0.2, -0.15) is 10.5 Å². The minimum Gasteiger partial charge on any atom is -0.508 e. The summed E-state index contributed by atoms with van der Waals surface area (Å²) >= 11 is 1.25. The van der Waals surface area contributed by atoms with E-state index in [0.717, 1.165) is 19.3 Å². The number of anilines is 1. The van der Waals surface area contributed by atoms with Gasteiger partial charge >= 0.3 is 0 Å². The third-order valence-corrected chi connectivity index (χ3v) is 5.63. The maximum Gasteiger partial charge on any atom is 0.146 e. The molecule has 1 aliphatic rings. The lowest BCUT2D eigenvalue weighted by Crippen LogP contribution is -2.21. The van der Waals surface area contributed by atoms with Gasteiger partial charge in [-0.3, -0.25) is 4.79 Å². The molecule has 7 heteroatoms. The van der Waals surface area contributed by atoms with E-state index < -0.39 is 0 Å². The summed E-state index contributed by atoms with van der Waals surface area (Å²) in [4.78, 5) is 16.4. The van der Waals surface area contributed by atoms with Crippen molar-refractivity contribution in [3.05, 3.63) is 35.4 Å². The summed E-state index contributed by atoms with van der Waals surface area (Å²) in [5.74, 6) is 0.261. The number of carbonyl (C=O) groups is 1. The first-order valence-electron chi connectivity index (χ1n) is 8.17. The van der Waals surface area contributed by atoms with E-state index in [9.17, 15) is 20.4 Å². The normalized spacial score (nSPS) is 16.7. The van der Waals surface area contributed by atoms with Gasteiger partial charge in [0, 0.05) is 12.0 Å². The molecule has 0 amide bonds. The molecule has 0 bridgehead atoms. The van der Waals surface area contributed by atoms with Gasteiger partial charge in [-0.25, -0.2) is 4.98 Å². The molecule has 0 aliphatic heterocycles. The van der Waals surface area contributed by atoms with Crippen LogP contribution in [0.5, 0.6) is 5.75 Å². The number of Topliss-reactive ketones (excluding diaryl/α,β-unsaturated/α-hetero) is 1. The molecular formula is C19H16N4O2S. The van der Waals surface area contributed by atoms with Gasteiger partial charge in [0.25, 0.3) is 0 Å². The molecule has 0 saturated heterocycles. The first-order valence-corrected chi connectivity index (χ1v) is 9.05. The Kier molecular flexibility index (Phi) is 5.11.